The molecule has 1 aliphatic heterocycles. The van der Waals surface area contributed by atoms with Gasteiger partial charge in [-0.2, -0.15) is 0 Å². The lowest BCUT2D eigenvalue weighted by molar-refractivity contribution is 0.106. The largest absolute Gasteiger partial charge is 0.324 e. The van der Waals surface area contributed by atoms with E-state index in [-0.39, 0.29) is 6.04 Å². The Labute approximate surface area is 129 Å². The SMILES string of the molecule is Cc1ccccc1C(N)CCN1CCC2(CCCC2)CC1. The molecule has 1 aromatic rings. The summed E-state index contributed by atoms with van der Waals surface area (Å²) in [5.41, 5.74) is 9.78. The Bertz CT molecular complexity index is 452. The molecule has 2 N–H and O–H groups in total. The van der Waals surface area contributed by atoms with Gasteiger partial charge in [-0.05, 0) is 75.2 Å². The van der Waals surface area contributed by atoms with Crippen molar-refractivity contribution in [1.29, 1.82) is 0 Å². The summed E-state index contributed by atoms with van der Waals surface area (Å²) in [6.07, 6.45) is 9.85. The number of hydrogen-bond donors (Lipinski definition) is 1. The zero-order valence-corrected chi connectivity index (χ0v) is 13.5. The molecule has 1 unspecified atom stereocenters. The third-order valence-electron chi connectivity index (χ3n) is 5.93. The molecular weight excluding hydrogens is 256 g/mol. The topological polar surface area (TPSA) is 29.3 Å². The Morgan fingerprint density at radius 1 is 1.10 bits per heavy atom. The maximum atomic E-state index is 6.40. The molecular formula is C19H30N2. The lowest BCUT2D eigenvalue weighted by Crippen LogP contribution is -2.39. The minimum absolute atomic E-state index is 0.188. The Hall–Kier alpha value is -0.860. The number of nitrogens with zero attached hydrogens (tertiary/aromatic N) is 1. The van der Waals surface area contributed by atoms with Crippen LogP contribution in [0.3, 0.4) is 0 Å². The third-order valence-corrected chi connectivity index (χ3v) is 5.93. The summed E-state index contributed by atoms with van der Waals surface area (Å²) in [6.45, 7) is 5.91. The molecule has 1 atom stereocenters. The molecule has 2 nitrogen and oxygen atoms in total. The Balaban J connectivity index is 1.47. The van der Waals surface area contributed by atoms with Gasteiger partial charge in [0.05, 0.1) is 0 Å². The van der Waals surface area contributed by atoms with E-state index in [1.165, 1.54) is 62.7 Å². The molecule has 2 heteroatoms. The number of likely N-dealkylation sites (tertiary alicyclic amines) is 1. The maximum Gasteiger partial charge on any atom is 0.0309 e. The van der Waals surface area contributed by atoms with Crippen molar-refractivity contribution in [1.82, 2.24) is 4.90 Å². The number of aryl methyl sites for hydroxylation is 1. The summed E-state index contributed by atoms with van der Waals surface area (Å²) in [7, 11) is 0. The molecule has 116 valence electrons. The van der Waals surface area contributed by atoms with Gasteiger partial charge < -0.3 is 10.6 Å². The Kier molecular flexibility index (Phi) is 4.66. The van der Waals surface area contributed by atoms with Crippen LogP contribution in [0.2, 0.25) is 0 Å². The standard InChI is InChI=1S/C19H30N2/c1-16-6-2-3-7-17(16)18(20)8-13-21-14-11-19(12-15-21)9-4-5-10-19/h2-3,6-7,18H,4-5,8-15,20H2,1H3. The second-order valence-corrected chi connectivity index (χ2v) is 7.30. The average Bonchev–Trinajstić information content (AvgIpc) is 2.95. The van der Waals surface area contributed by atoms with Crippen LogP contribution in [0.4, 0.5) is 0 Å². The maximum absolute atomic E-state index is 6.40. The molecule has 0 amide bonds. The van der Waals surface area contributed by atoms with Crippen molar-refractivity contribution in [3.8, 4) is 0 Å². The average molecular weight is 286 g/mol. The first-order valence-corrected chi connectivity index (χ1v) is 8.72. The molecule has 21 heavy (non-hydrogen) atoms. The normalized spacial score (nSPS) is 23.5. The van der Waals surface area contributed by atoms with Crippen molar-refractivity contribution in [3.05, 3.63) is 35.4 Å². The monoisotopic (exact) mass is 286 g/mol. The molecule has 1 spiro atoms. The van der Waals surface area contributed by atoms with Gasteiger partial charge in [0.25, 0.3) is 0 Å². The molecule has 0 radical (unpaired) electrons. The van der Waals surface area contributed by atoms with E-state index in [1.54, 1.807) is 0 Å². The quantitative estimate of drug-likeness (QED) is 0.905. The lowest BCUT2D eigenvalue weighted by Gasteiger charge is -2.39. The highest BCUT2D eigenvalue weighted by molar-refractivity contribution is 5.28. The van der Waals surface area contributed by atoms with Gasteiger partial charge in [0.15, 0.2) is 0 Å². The molecule has 1 saturated heterocycles. The predicted octanol–water partition coefficient (Wildman–Crippen LogP) is 4.04. The summed E-state index contributed by atoms with van der Waals surface area (Å²) >= 11 is 0. The van der Waals surface area contributed by atoms with Crippen molar-refractivity contribution in [3.63, 3.8) is 0 Å². The van der Waals surface area contributed by atoms with Gasteiger partial charge in [-0.15, -0.1) is 0 Å². The van der Waals surface area contributed by atoms with E-state index < -0.39 is 0 Å². The molecule has 1 heterocycles. The molecule has 3 rings (SSSR count). The van der Waals surface area contributed by atoms with Gasteiger partial charge in [-0.1, -0.05) is 37.1 Å². The van der Waals surface area contributed by atoms with E-state index in [1.807, 2.05) is 0 Å². The van der Waals surface area contributed by atoms with E-state index >= 15 is 0 Å². The van der Waals surface area contributed by atoms with Crippen LogP contribution in [-0.4, -0.2) is 24.5 Å². The van der Waals surface area contributed by atoms with Gasteiger partial charge in [-0.25, -0.2) is 0 Å². The van der Waals surface area contributed by atoms with Crippen molar-refractivity contribution in [2.45, 2.75) is 57.9 Å². The molecule has 1 saturated carbocycles. The smallest absolute Gasteiger partial charge is 0.0309 e. The van der Waals surface area contributed by atoms with Crippen molar-refractivity contribution in [2.75, 3.05) is 19.6 Å². The molecule has 2 aliphatic rings. The van der Waals surface area contributed by atoms with Crippen LogP contribution in [0, 0.1) is 12.3 Å². The van der Waals surface area contributed by atoms with Gasteiger partial charge >= 0.3 is 0 Å². The first kappa shape index (κ1) is 15.1. The van der Waals surface area contributed by atoms with Gasteiger partial charge in [0.2, 0.25) is 0 Å². The van der Waals surface area contributed by atoms with E-state index in [9.17, 15) is 0 Å². The number of rotatable bonds is 4. The lowest BCUT2D eigenvalue weighted by atomic mass is 9.77. The summed E-state index contributed by atoms with van der Waals surface area (Å²) in [5, 5.41) is 0. The molecule has 2 fully saturated rings. The zero-order chi connectivity index (χ0) is 14.7. The molecule has 1 aromatic carbocycles. The minimum Gasteiger partial charge on any atom is -0.324 e. The number of hydrogen-bond acceptors (Lipinski definition) is 2. The van der Waals surface area contributed by atoms with Gasteiger partial charge in [0, 0.05) is 6.04 Å². The zero-order valence-electron chi connectivity index (χ0n) is 13.5. The summed E-state index contributed by atoms with van der Waals surface area (Å²) in [6, 6.07) is 8.74. The number of piperidine rings is 1. The number of benzene rings is 1. The Morgan fingerprint density at radius 2 is 1.76 bits per heavy atom. The molecule has 1 aliphatic carbocycles. The highest BCUT2D eigenvalue weighted by atomic mass is 15.1. The van der Waals surface area contributed by atoms with Crippen LogP contribution >= 0.6 is 0 Å². The fraction of sp³-hybridized carbons (Fsp3) is 0.684. The summed E-state index contributed by atoms with van der Waals surface area (Å²) in [5.74, 6) is 0. The second kappa shape index (κ2) is 6.50. The molecule has 0 bridgehead atoms. The van der Waals surface area contributed by atoms with Crippen LogP contribution in [0.15, 0.2) is 24.3 Å². The van der Waals surface area contributed by atoms with Crippen LogP contribution in [0.25, 0.3) is 0 Å². The van der Waals surface area contributed by atoms with E-state index in [0.717, 1.165) is 18.4 Å². The van der Waals surface area contributed by atoms with Crippen molar-refractivity contribution >= 4 is 0 Å². The fourth-order valence-corrected chi connectivity index (χ4v) is 4.36. The number of nitrogens with two attached hydrogens (primary N) is 1. The first-order chi connectivity index (χ1) is 10.2. The van der Waals surface area contributed by atoms with E-state index in [4.69, 9.17) is 5.73 Å². The van der Waals surface area contributed by atoms with Crippen LogP contribution < -0.4 is 5.73 Å². The predicted molar refractivity (Wildman–Crippen MR) is 89.3 cm³/mol. The van der Waals surface area contributed by atoms with E-state index in [2.05, 4.69) is 36.1 Å². The molecule has 0 aromatic heterocycles. The van der Waals surface area contributed by atoms with Crippen molar-refractivity contribution < 1.29 is 0 Å². The van der Waals surface area contributed by atoms with Crippen LogP contribution in [-0.2, 0) is 0 Å². The third kappa shape index (κ3) is 3.49. The van der Waals surface area contributed by atoms with Gasteiger partial charge in [-0.3, -0.25) is 0 Å². The fourth-order valence-electron chi connectivity index (χ4n) is 4.36. The van der Waals surface area contributed by atoms with Gasteiger partial charge in [0.1, 0.15) is 0 Å². The minimum atomic E-state index is 0.188. The highest BCUT2D eigenvalue weighted by Gasteiger charge is 2.36. The highest BCUT2D eigenvalue weighted by Crippen LogP contribution is 2.46. The Morgan fingerprint density at radius 3 is 2.43 bits per heavy atom. The summed E-state index contributed by atoms with van der Waals surface area (Å²) in [4.78, 5) is 2.64. The van der Waals surface area contributed by atoms with E-state index in [0.29, 0.717) is 0 Å². The summed E-state index contributed by atoms with van der Waals surface area (Å²) < 4.78 is 0. The van der Waals surface area contributed by atoms with Crippen LogP contribution in [0.1, 0.15) is 62.1 Å². The second-order valence-electron chi connectivity index (χ2n) is 7.30. The van der Waals surface area contributed by atoms with Crippen LogP contribution in [0.5, 0.6) is 0 Å². The van der Waals surface area contributed by atoms with Crippen molar-refractivity contribution in [2.24, 2.45) is 11.1 Å². The first-order valence-electron chi connectivity index (χ1n) is 8.72.